The van der Waals surface area contributed by atoms with Crippen LogP contribution in [0.25, 0.3) is 0 Å². The number of nitrogens with one attached hydrogen (secondary N) is 1. The van der Waals surface area contributed by atoms with Crippen molar-refractivity contribution >= 4 is 0 Å². The molecule has 0 saturated carbocycles. The number of pyridine rings is 1. The Morgan fingerprint density at radius 2 is 2.47 bits per heavy atom. The molecule has 1 aliphatic heterocycles. The lowest BCUT2D eigenvalue weighted by Gasteiger charge is -2.15. The number of aromatic nitrogens is 1. The lowest BCUT2D eigenvalue weighted by molar-refractivity contribution is 0.222. The van der Waals surface area contributed by atoms with Crippen molar-refractivity contribution in [1.82, 2.24) is 15.2 Å². The molecule has 4 nitrogen and oxygen atoms in total. The summed E-state index contributed by atoms with van der Waals surface area (Å²) in [6.45, 7) is 6.05. The van der Waals surface area contributed by atoms with Crippen LogP contribution in [-0.2, 0) is 6.54 Å². The van der Waals surface area contributed by atoms with Crippen LogP contribution in [0.3, 0.4) is 0 Å². The number of hydrogen-bond acceptors (Lipinski definition) is 4. The van der Waals surface area contributed by atoms with Crippen LogP contribution >= 0.6 is 0 Å². The van der Waals surface area contributed by atoms with E-state index in [1.165, 1.54) is 0 Å². The molecule has 1 unspecified atom stereocenters. The molecule has 0 bridgehead atoms. The van der Waals surface area contributed by atoms with Crippen molar-refractivity contribution in [3.63, 3.8) is 0 Å². The van der Waals surface area contributed by atoms with Gasteiger partial charge >= 0.3 is 0 Å². The van der Waals surface area contributed by atoms with E-state index in [1.54, 1.807) is 0 Å². The summed E-state index contributed by atoms with van der Waals surface area (Å²) in [6.07, 6.45) is 3.23. The van der Waals surface area contributed by atoms with Crippen LogP contribution in [0.2, 0.25) is 0 Å². The molecule has 0 amide bonds. The molecular formula is C13H21N3O. The molecule has 1 aromatic rings. The predicted molar refractivity (Wildman–Crippen MR) is 68.1 cm³/mol. The maximum absolute atomic E-state index is 5.91. The van der Waals surface area contributed by atoms with E-state index in [4.69, 9.17) is 4.74 Å². The first kappa shape index (κ1) is 12.3. The highest BCUT2D eigenvalue weighted by atomic mass is 16.5. The van der Waals surface area contributed by atoms with Gasteiger partial charge in [-0.15, -0.1) is 0 Å². The molecule has 94 valence electrons. The molecule has 0 aromatic carbocycles. The van der Waals surface area contributed by atoms with E-state index in [9.17, 15) is 0 Å². The third-order valence-electron chi connectivity index (χ3n) is 3.08. The van der Waals surface area contributed by atoms with Crippen molar-refractivity contribution < 1.29 is 4.74 Å². The Hall–Kier alpha value is -1.13. The van der Waals surface area contributed by atoms with Crippen LogP contribution in [0.1, 0.15) is 19.0 Å². The zero-order valence-corrected chi connectivity index (χ0v) is 10.6. The molecule has 0 radical (unpaired) electrons. The van der Waals surface area contributed by atoms with Gasteiger partial charge in [0.15, 0.2) is 0 Å². The van der Waals surface area contributed by atoms with E-state index in [0.717, 1.165) is 44.0 Å². The molecular weight excluding hydrogens is 214 g/mol. The van der Waals surface area contributed by atoms with Crippen molar-refractivity contribution in [1.29, 1.82) is 0 Å². The first-order chi connectivity index (χ1) is 8.28. The summed E-state index contributed by atoms with van der Waals surface area (Å²) in [5.74, 6) is 0.938. The first-order valence-corrected chi connectivity index (χ1v) is 6.28. The second kappa shape index (κ2) is 5.98. The average molecular weight is 235 g/mol. The minimum Gasteiger partial charge on any atom is -0.489 e. The molecule has 2 heterocycles. The summed E-state index contributed by atoms with van der Waals surface area (Å²) in [4.78, 5) is 6.59. The Kier molecular flexibility index (Phi) is 4.34. The van der Waals surface area contributed by atoms with Crippen LogP contribution in [-0.4, -0.2) is 42.7 Å². The highest BCUT2D eigenvalue weighted by Crippen LogP contribution is 2.16. The molecule has 17 heavy (non-hydrogen) atoms. The summed E-state index contributed by atoms with van der Waals surface area (Å²) in [5.41, 5.74) is 1.07. The van der Waals surface area contributed by atoms with E-state index < -0.39 is 0 Å². The van der Waals surface area contributed by atoms with Gasteiger partial charge in [0.25, 0.3) is 0 Å². The van der Waals surface area contributed by atoms with Crippen molar-refractivity contribution in [2.45, 2.75) is 26.0 Å². The number of rotatable bonds is 5. The maximum Gasteiger partial charge on any atom is 0.123 e. The number of nitrogens with zero attached hydrogens (tertiary/aromatic N) is 2. The lowest BCUT2D eigenvalue weighted by Crippen LogP contribution is -2.20. The minimum atomic E-state index is 0.314. The van der Waals surface area contributed by atoms with Crippen molar-refractivity contribution in [2.75, 3.05) is 26.7 Å². The van der Waals surface area contributed by atoms with Crippen LogP contribution < -0.4 is 10.1 Å². The van der Waals surface area contributed by atoms with E-state index >= 15 is 0 Å². The van der Waals surface area contributed by atoms with E-state index in [-0.39, 0.29) is 0 Å². The van der Waals surface area contributed by atoms with Crippen molar-refractivity contribution in [2.24, 2.45) is 0 Å². The van der Waals surface area contributed by atoms with Gasteiger partial charge < -0.3 is 15.0 Å². The highest BCUT2D eigenvalue weighted by Gasteiger charge is 2.15. The fraction of sp³-hybridized carbons (Fsp3) is 0.615. The standard InChI is InChI=1S/C13H21N3O/c1-3-16(2)10-11-8-12(5-7-15-11)17-13-4-6-14-9-13/h5,7-8,13-14H,3-4,6,9-10H2,1-2H3. The predicted octanol–water partition coefficient (Wildman–Crippen LogP) is 1.27. The van der Waals surface area contributed by atoms with Crippen LogP contribution in [0.15, 0.2) is 18.3 Å². The molecule has 1 N–H and O–H groups in total. The second-order valence-electron chi connectivity index (χ2n) is 4.55. The average Bonchev–Trinajstić information content (AvgIpc) is 2.82. The van der Waals surface area contributed by atoms with Crippen LogP contribution in [0, 0.1) is 0 Å². The minimum absolute atomic E-state index is 0.314. The number of ether oxygens (including phenoxy) is 1. The monoisotopic (exact) mass is 235 g/mol. The van der Waals surface area contributed by atoms with Gasteiger partial charge in [0.1, 0.15) is 11.9 Å². The van der Waals surface area contributed by atoms with Crippen LogP contribution in [0.4, 0.5) is 0 Å². The first-order valence-electron chi connectivity index (χ1n) is 6.28. The summed E-state index contributed by atoms with van der Waals surface area (Å²) in [6, 6.07) is 3.98. The molecule has 4 heteroatoms. The quantitative estimate of drug-likeness (QED) is 0.834. The lowest BCUT2D eigenvalue weighted by atomic mass is 10.3. The van der Waals surface area contributed by atoms with E-state index in [2.05, 4.69) is 29.2 Å². The van der Waals surface area contributed by atoms with Gasteiger partial charge in [-0.3, -0.25) is 4.98 Å². The Morgan fingerprint density at radius 1 is 1.59 bits per heavy atom. The fourth-order valence-corrected chi connectivity index (χ4v) is 1.93. The summed E-state index contributed by atoms with van der Waals surface area (Å²) < 4.78 is 5.91. The van der Waals surface area contributed by atoms with E-state index in [0.29, 0.717) is 6.10 Å². The Labute approximate surface area is 103 Å². The van der Waals surface area contributed by atoms with Gasteiger partial charge in [-0.25, -0.2) is 0 Å². The molecule has 0 spiro atoms. The van der Waals surface area contributed by atoms with Gasteiger partial charge in [0.05, 0.1) is 5.69 Å². The topological polar surface area (TPSA) is 37.4 Å². The Bertz CT molecular complexity index is 350. The van der Waals surface area contributed by atoms with Gasteiger partial charge in [-0.2, -0.15) is 0 Å². The Balaban J connectivity index is 1.95. The van der Waals surface area contributed by atoms with Gasteiger partial charge in [-0.1, -0.05) is 6.92 Å². The molecule has 1 fully saturated rings. The van der Waals surface area contributed by atoms with Crippen molar-refractivity contribution in [3.05, 3.63) is 24.0 Å². The largest absolute Gasteiger partial charge is 0.489 e. The molecule has 1 aliphatic rings. The molecule has 1 saturated heterocycles. The van der Waals surface area contributed by atoms with E-state index in [1.807, 2.05) is 18.3 Å². The molecule has 2 rings (SSSR count). The zero-order valence-electron chi connectivity index (χ0n) is 10.6. The fourth-order valence-electron chi connectivity index (χ4n) is 1.93. The molecule has 1 aromatic heterocycles. The third-order valence-corrected chi connectivity index (χ3v) is 3.08. The summed E-state index contributed by atoms with van der Waals surface area (Å²) in [7, 11) is 2.09. The molecule has 1 atom stereocenters. The third kappa shape index (κ3) is 3.68. The second-order valence-corrected chi connectivity index (χ2v) is 4.55. The van der Waals surface area contributed by atoms with Gasteiger partial charge in [0.2, 0.25) is 0 Å². The Morgan fingerprint density at radius 3 is 3.18 bits per heavy atom. The SMILES string of the molecule is CCN(C)Cc1cc(OC2CCNC2)ccn1. The highest BCUT2D eigenvalue weighted by molar-refractivity contribution is 5.23. The van der Waals surface area contributed by atoms with Gasteiger partial charge in [0, 0.05) is 25.4 Å². The van der Waals surface area contributed by atoms with Crippen molar-refractivity contribution in [3.8, 4) is 5.75 Å². The molecule has 0 aliphatic carbocycles. The maximum atomic E-state index is 5.91. The summed E-state index contributed by atoms with van der Waals surface area (Å²) in [5, 5.41) is 3.30. The number of hydrogen-bond donors (Lipinski definition) is 1. The normalized spacial score (nSPS) is 19.8. The summed E-state index contributed by atoms with van der Waals surface area (Å²) >= 11 is 0. The zero-order chi connectivity index (χ0) is 12.1. The van der Waals surface area contributed by atoms with Crippen LogP contribution in [0.5, 0.6) is 5.75 Å². The smallest absolute Gasteiger partial charge is 0.123 e. The van der Waals surface area contributed by atoms with Gasteiger partial charge in [-0.05, 0) is 32.6 Å².